The number of imidazole rings is 1. The van der Waals surface area contributed by atoms with Gasteiger partial charge in [-0.15, -0.1) is 10.2 Å². The van der Waals surface area contributed by atoms with E-state index in [9.17, 15) is 8.78 Å². The predicted molar refractivity (Wildman–Crippen MR) is 95.9 cm³/mol. The molecule has 0 radical (unpaired) electrons. The summed E-state index contributed by atoms with van der Waals surface area (Å²) in [5, 5.41) is 8.44. The van der Waals surface area contributed by atoms with Gasteiger partial charge in [0.1, 0.15) is 23.0 Å². The average Bonchev–Trinajstić information content (AvgIpc) is 2.98. The molecule has 0 aliphatic rings. The van der Waals surface area contributed by atoms with Gasteiger partial charge < -0.3 is 0 Å². The van der Waals surface area contributed by atoms with Crippen molar-refractivity contribution in [2.45, 2.75) is 6.92 Å². The SMILES string of the molecule is Cc1ccn2c(N=Nc3cccc(F)c3)c(-c3ccc(F)cc3)nc2c1. The minimum absolute atomic E-state index is 0.323. The Bertz CT molecular complexity index is 1110. The Labute approximate surface area is 148 Å². The number of aromatic nitrogens is 2. The summed E-state index contributed by atoms with van der Waals surface area (Å²) in [6.45, 7) is 1.97. The van der Waals surface area contributed by atoms with E-state index < -0.39 is 0 Å². The van der Waals surface area contributed by atoms with Crippen LogP contribution in [0.2, 0.25) is 0 Å². The lowest BCUT2D eigenvalue weighted by Gasteiger charge is -2.00. The Morgan fingerprint density at radius 3 is 2.46 bits per heavy atom. The maximum Gasteiger partial charge on any atom is 0.187 e. The molecule has 0 fully saturated rings. The number of nitrogens with zero attached hydrogens (tertiary/aromatic N) is 4. The van der Waals surface area contributed by atoms with Crippen LogP contribution in [0, 0.1) is 18.6 Å². The number of fused-ring (bicyclic) bond motifs is 1. The van der Waals surface area contributed by atoms with Crippen LogP contribution in [0.5, 0.6) is 0 Å². The van der Waals surface area contributed by atoms with Crippen molar-refractivity contribution in [3.63, 3.8) is 0 Å². The van der Waals surface area contributed by atoms with Gasteiger partial charge in [-0.3, -0.25) is 4.40 Å². The summed E-state index contributed by atoms with van der Waals surface area (Å²) in [7, 11) is 0. The van der Waals surface area contributed by atoms with E-state index in [2.05, 4.69) is 15.2 Å². The third kappa shape index (κ3) is 3.09. The van der Waals surface area contributed by atoms with Gasteiger partial charge in [-0.05, 0) is 61.0 Å². The molecule has 0 saturated heterocycles. The van der Waals surface area contributed by atoms with Gasteiger partial charge in [-0.2, -0.15) is 0 Å². The molecule has 0 atom stereocenters. The zero-order chi connectivity index (χ0) is 18.1. The molecule has 0 amide bonds. The summed E-state index contributed by atoms with van der Waals surface area (Å²) in [4.78, 5) is 4.62. The fraction of sp³-hybridized carbons (Fsp3) is 0.0500. The van der Waals surface area contributed by atoms with Crippen LogP contribution in [0.15, 0.2) is 77.1 Å². The van der Waals surface area contributed by atoms with Gasteiger partial charge >= 0.3 is 0 Å². The van der Waals surface area contributed by atoms with E-state index in [4.69, 9.17) is 0 Å². The number of hydrogen-bond donors (Lipinski definition) is 0. The van der Waals surface area contributed by atoms with E-state index in [0.29, 0.717) is 22.8 Å². The van der Waals surface area contributed by atoms with Crippen LogP contribution < -0.4 is 0 Å². The standard InChI is InChI=1S/C20H14F2N4/c1-13-9-10-26-18(11-13)23-19(14-5-7-15(21)8-6-14)20(26)25-24-17-4-2-3-16(22)12-17/h2-12H,1H3. The summed E-state index contributed by atoms with van der Waals surface area (Å²) < 4.78 is 28.4. The molecule has 0 saturated carbocycles. The van der Waals surface area contributed by atoms with Gasteiger partial charge in [0.2, 0.25) is 0 Å². The van der Waals surface area contributed by atoms with E-state index in [1.165, 1.54) is 24.3 Å². The van der Waals surface area contributed by atoms with E-state index >= 15 is 0 Å². The first kappa shape index (κ1) is 16.1. The zero-order valence-electron chi connectivity index (χ0n) is 13.9. The molecule has 0 aliphatic heterocycles. The minimum atomic E-state index is -0.381. The van der Waals surface area contributed by atoms with Gasteiger partial charge in [0.15, 0.2) is 5.82 Å². The molecule has 4 rings (SSSR count). The van der Waals surface area contributed by atoms with Crippen LogP contribution in [0.1, 0.15) is 5.56 Å². The molecule has 0 spiro atoms. The van der Waals surface area contributed by atoms with Crippen LogP contribution in [0.3, 0.4) is 0 Å². The maximum absolute atomic E-state index is 13.4. The molecule has 2 aromatic heterocycles. The Balaban J connectivity index is 1.88. The first-order valence-corrected chi connectivity index (χ1v) is 8.02. The molecule has 128 valence electrons. The van der Waals surface area contributed by atoms with Crippen LogP contribution in [0.4, 0.5) is 20.3 Å². The summed E-state index contributed by atoms with van der Waals surface area (Å²) in [6, 6.07) is 15.8. The topological polar surface area (TPSA) is 42.0 Å². The van der Waals surface area contributed by atoms with E-state index in [0.717, 1.165) is 11.1 Å². The molecule has 2 aromatic carbocycles. The van der Waals surface area contributed by atoms with Crippen molar-refractivity contribution in [2.75, 3.05) is 0 Å². The van der Waals surface area contributed by atoms with Crippen molar-refractivity contribution in [3.8, 4) is 11.3 Å². The lowest BCUT2D eigenvalue weighted by Crippen LogP contribution is -1.84. The monoisotopic (exact) mass is 348 g/mol. The van der Waals surface area contributed by atoms with Crippen LogP contribution in [-0.2, 0) is 0 Å². The maximum atomic E-state index is 13.4. The predicted octanol–water partition coefficient (Wildman–Crippen LogP) is 6.00. The van der Waals surface area contributed by atoms with Gasteiger partial charge in [0.25, 0.3) is 0 Å². The number of azo groups is 1. The molecular formula is C20H14F2N4. The first-order valence-electron chi connectivity index (χ1n) is 8.02. The molecule has 4 nitrogen and oxygen atoms in total. The van der Waals surface area contributed by atoms with Crippen molar-refractivity contribution in [1.29, 1.82) is 0 Å². The summed E-state index contributed by atoms with van der Waals surface area (Å²) in [6.07, 6.45) is 1.85. The molecular weight excluding hydrogens is 334 g/mol. The van der Waals surface area contributed by atoms with Crippen molar-refractivity contribution >= 4 is 17.2 Å². The third-order valence-electron chi connectivity index (χ3n) is 3.94. The van der Waals surface area contributed by atoms with Gasteiger partial charge in [0.05, 0.1) is 5.69 Å². The lowest BCUT2D eigenvalue weighted by molar-refractivity contribution is 0.627. The molecule has 0 bridgehead atoms. The fourth-order valence-electron chi connectivity index (χ4n) is 2.67. The molecule has 0 N–H and O–H groups in total. The Hall–Kier alpha value is -3.41. The average molecular weight is 348 g/mol. The zero-order valence-corrected chi connectivity index (χ0v) is 13.9. The first-order chi connectivity index (χ1) is 12.6. The molecule has 4 aromatic rings. The van der Waals surface area contributed by atoms with Crippen LogP contribution >= 0.6 is 0 Å². The molecule has 6 heteroatoms. The fourth-order valence-corrected chi connectivity index (χ4v) is 2.67. The minimum Gasteiger partial charge on any atom is -0.283 e. The Morgan fingerprint density at radius 2 is 1.69 bits per heavy atom. The summed E-state index contributed by atoms with van der Waals surface area (Å²) >= 11 is 0. The highest BCUT2D eigenvalue weighted by molar-refractivity contribution is 5.74. The summed E-state index contributed by atoms with van der Waals surface area (Å²) in [5.41, 5.74) is 3.47. The highest BCUT2D eigenvalue weighted by Gasteiger charge is 2.14. The van der Waals surface area contributed by atoms with E-state index in [1.54, 1.807) is 28.7 Å². The second kappa shape index (κ2) is 6.48. The molecule has 0 aliphatic carbocycles. The summed E-state index contributed by atoms with van der Waals surface area (Å²) in [5.74, 6) is -0.207. The second-order valence-corrected chi connectivity index (χ2v) is 5.90. The second-order valence-electron chi connectivity index (χ2n) is 5.90. The van der Waals surface area contributed by atoms with Gasteiger partial charge in [0, 0.05) is 17.8 Å². The number of halogens is 2. The normalized spacial score (nSPS) is 11.5. The Morgan fingerprint density at radius 1 is 0.885 bits per heavy atom. The molecule has 26 heavy (non-hydrogen) atoms. The van der Waals surface area contributed by atoms with Crippen LogP contribution in [0.25, 0.3) is 16.9 Å². The van der Waals surface area contributed by atoms with E-state index in [1.807, 2.05) is 25.3 Å². The van der Waals surface area contributed by atoms with Crippen molar-refractivity contribution in [3.05, 3.63) is 84.1 Å². The smallest absolute Gasteiger partial charge is 0.187 e. The van der Waals surface area contributed by atoms with Gasteiger partial charge in [-0.1, -0.05) is 6.07 Å². The van der Waals surface area contributed by atoms with Crippen molar-refractivity contribution in [2.24, 2.45) is 10.2 Å². The number of rotatable bonds is 3. The van der Waals surface area contributed by atoms with Crippen molar-refractivity contribution < 1.29 is 8.78 Å². The third-order valence-corrected chi connectivity index (χ3v) is 3.94. The van der Waals surface area contributed by atoms with Crippen LogP contribution in [-0.4, -0.2) is 9.38 Å². The number of aryl methyl sites for hydroxylation is 1. The highest BCUT2D eigenvalue weighted by atomic mass is 19.1. The highest BCUT2D eigenvalue weighted by Crippen LogP contribution is 2.32. The number of hydrogen-bond acceptors (Lipinski definition) is 3. The largest absolute Gasteiger partial charge is 0.283 e. The Kier molecular flexibility index (Phi) is 4.01. The lowest BCUT2D eigenvalue weighted by atomic mass is 10.1. The number of pyridine rings is 1. The van der Waals surface area contributed by atoms with E-state index in [-0.39, 0.29) is 11.6 Å². The molecule has 0 unspecified atom stereocenters. The van der Waals surface area contributed by atoms with Gasteiger partial charge in [-0.25, -0.2) is 13.8 Å². The van der Waals surface area contributed by atoms with Crippen molar-refractivity contribution in [1.82, 2.24) is 9.38 Å². The molecule has 2 heterocycles. The quantitative estimate of drug-likeness (QED) is 0.418. The number of benzene rings is 2.